The first-order valence-electron chi connectivity index (χ1n) is 7.31. The molecule has 0 aromatic carbocycles. The van der Waals surface area contributed by atoms with E-state index >= 15 is 0 Å². The number of rotatable bonds is 3. The maximum absolute atomic E-state index is 8.69. The van der Waals surface area contributed by atoms with Crippen LogP contribution in [0.4, 0.5) is 5.82 Å². The summed E-state index contributed by atoms with van der Waals surface area (Å²) in [5.74, 6) is 0.955. The highest BCUT2D eigenvalue weighted by molar-refractivity contribution is 5.38. The number of nitrogens with zero attached hydrogens (tertiary/aromatic N) is 3. The van der Waals surface area contributed by atoms with Gasteiger partial charge in [-0.3, -0.25) is 4.90 Å². The van der Waals surface area contributed by atoms with Gasteiger partial charge >= 0.3 is 0 Å². The number of hydrogen-bond acceptors (Lipinski definition) is 4. The number of hydrogen-bond donors (Lipinski definition) is 1. The van der Waals surface area contributed by atoms with Crippen LogP contribution in [0.1, 0.15) is 39.2 Å². The van der Waals surface area contributed by atoms with Crippen molar-refractivity contribution < 1.29 is 0 Å². The first kappa shape index (κ1) is 14.8. The highest BCUT2D eigenvalue weighted by Gasteiger charge is 2.19. The second kappa shape index (κ2) is 6.23. The van der Waals surface area contributed by atoms with Crippen LogP contribution in [0.15, 0.2) is 18.3 Å². The van der Waals surface area contributed by atoms with Crippen LogP contribution < -0.4 is 5.32 Å². The summed E-state index contributed by atoms with van der Waals surface area (Å²) in [4.78, 5) is 6.72. The Balaban J connectivity index is 1.87. The van der Waals surface area contributed by atoms with E-state index in [1.807, 2.05) is 6.20 Å². The highest BCUT2D eigenvalue weighted by Crippen LogP contribution is 2.22. The van der Waals surface area contributed by atoms with Crippen LogP contribution in [0.5, 0.6) is 0 Å². The maximum atomic E-state index is 8.69. The van der Waals surface area contributed by atoms with E-state index in [1.165, 1.54) is 5.56 Å². The fraction of sp³-hybridized carbons (Fsp3) is 0.625. The minimum absolute atomic E-state index is 0.147. The third-order valence-corrected chi connectivity index (χ3v) is 3.86. The van der Waals surface area contributed by atoms with Crippen LogP contribution in [0.25, 0.3) is 0 Å². The van der Waals surface area contributed by atoms with Gasteiger partial charge in [0.25, 0.3) is 0 Å². The van der Waals surface area contributed by atoms with E-state index in [0.717, 1.165) is 31.7 Å². The highest BCUT2D eigenvalue weighted by atomic mass is 15.1. The summed E-state index contributed by atoms with van der Waals surface area (Å²) in [6, 6.07) is 6.91. The van der Waals surface area contributed by atoms with Crippen LogP contribution >= 0.6 is 0 Å². The summed E-state index contributed by atoms with van der Waals surface area (Å²) >= 11 is 0. The third-order valence-electron chi connectivity index (χ3n) is 3.86. The molecule has 0 radical (unpaired) electrons. The summed E-state index contributed by atoms with van der Waals surface area (Å²) in [5.41, 5.74) is 1.40. The van der Waals surface area contributed by atoms with Gasteiger partial charge in [0.2, 0.25) is 0 Å². The molecule has 0 atom stereocenters. The Morgan fingerprint density at radius 3 is 2.55 bits per heavy atom. The summed E-state index contributed by atoms with van der Waals surface area (Å²) in [5, 5.41) is 12.2. The van der Waals surface area contributed by atoms with Gasteiger partial charge in [0, 0.05) is 25.3 Å². The number of anilines is 1. The molecule has 2 heterocycles. The van der Waals surface area contributed by atoms with Crippen molar-refractivity contribution in [1.82, 2.24) is 9.88 Å². The van der Waals surface area contributed by atoms with Crippen molar-refractivity contribution in [2.75, 3.05) is 25.0 Å². The van der Waals surface area contributed by atoms with Crippen molar-refractivity contribution in [3.8, 4) is 6.07 Å². The van der Waals surface area contributed by atoms with Gasteiger partial charge in [0.05, 0.1) is 12.6 Å². The van der Waals surface area contributed by atoms with Crippen molar-refractivity contribution in [1.29, 1.82) is 5.26 Å². The van der Waals surface area contributed by atoms with E-state index in [4.69, 9.17) is 5.26 Å². The quantitative estimate of drug-likeness (QED) is 0.860. The standard InChI is InChI=1S/C16H24N4/c1-16(2,3)13-4-5-15(18-12-13)19-14-6-9-20(10-7-14)11-8-17/h4-5,12,14H,6-7,9-11H2,1-3H3,(H,18,19). The van der Waals surface area contributed by atoms with Crippen LogP contribution in [0, 0.1) is 11.3 Å². The first-order chi connectivity index (χ1) is 9.49. The fourth-order valence-electron chi connectivity index (χ4n) is 2.47. The second-order valence-electron chi connectivity index (χ2n) is 6.53. The van der Waals surface area contributed by atoms with Gasteiger partial charge in [-0.15, -0.1) is 0 Å². The average molecular weight is 272 g/mol. The molecular formula is C16H24N4. The third kappa shape index (κ3) is 3.94. The molecule has 1 aromatic heterocycles. The molecule has 1 aliphatic heterocycles. The van der Waals surface area contributed by atoms with Crippen molar-refractivity contribution in [2.45, 2.75) is 45.1 Å². The van der Waals surface area contributed by atoms with Gasteiger partial charge in [-0.1, -0.05) is 26.8 Å². The molecule has 2 rings (SSSR count). The molecule has 0 amide bonds. The zero-order chi connectivity index (χ0) is 14.6. The maximum Gasteiger partial charge on any atom is 0.126 e. The van der Waals surface area contributed by atoms with Crippen LogP contribution in [0.2, 0.25) is 0 Å². The minimum atomic E-state index is 0.147. The number of piperidine rings is 1. The van der Waals surface area contributed by atoms with Gasteiger partial charge in [0.15, 0.2) is 0 Å². The molecule has 0 saturated carbocycles. The van der Waals surface area contributed by atoms with Crippen LogP contribution in [0.3, 0.4) is 0 Å². The van der Waals surface area contributed by atoms with Gasteiger partial charge < -0.3 is 5.32 Å². The summed E-state index contributed by atoms with van der Waals surface area (Å²) in [6.45, 7) is 9.12. The summed E-state index contributed by atoms with van der Waals surface area (Å²) in [6.07, 6.45) is 4.11. The van der Waals surface area contributed by atoms with E-state index < -0.39 is 0 Å². The molecule has 4 nitrogen and oxygen atoms in total. The summed E-state index contributed by atoms with van der Waals surface area (Å²) < 4.78 is 0. The smallest absolute Gasteiger partial charge is 0.126 e. The lowest BCUT2D eigenvalue weighted by atomic mass is 9.88. The van der Waals surface area contributed by atoms with Crippen LogP contribution in [-0.4, -0.2) is 35.6 Å². The first-order valence-corrected chi connectivity index (χ1v) is 7.31. The largest absolute Gasteiger partial charge is 0.367 e. The zero-order valence-corrected chi connectivity index (χ0v) is 12.7. The molecule has 0 aliphatic carbocycles. The van der Waals surface area contributed by atoms with Crippen molar-refractivity contribution >= 4 is 5.82 Å². The molecule has 1 N–H and O–H groups in total. The molecule has 0 bridgehead atoms. The number of nitriles is 1. The van der Waals surface area contributed by atoms with E-state index in [1.54, 1.807) is 0 Å². The van der Waals surface area contributed by atoms with E-state index in [0.29, 0.717) is 12.6 Å². The molecule has 108 valence electrons. The topological polar surface area (TPSA) is 52.0 Å². The van der Waals surface area contributed by atoms with Crippen molar-refractivity contribution in [3.05, 3.63) is 23.9 Å². The van der Waals surface area contributed by atoms with Crippen molar-refractivity contribution in [2.24, 2.45) is 0 Å². The SMILES string of the molecule is CC(C)(C)c1ccc(NC2CCN(CC#N)CC2)nc1. The summed E-state index contributed by atoms with van der Waals surface area (Å²) in [7, 11) is 0. The van der Waals surface area contributed by atoms with Gasteiger partial charge in [-0.05, 0) is 29.9 Å². The molecule has 1 saturated heterocycles. The Morgan fingerprint density at radius 1 is 1.35 bits per heavy atom. The Bertz CT molecular complexity index is 459. The molecule has 1 fully saturated rings. The molecule has 1 aliphatic rings. The fourth-order valence-corrected chi connectivity index (χ4v) is 2.47. The molecular weight excluding hydrogens is 248 g/mol. The molecule has 20 heavy (non-hydrogen) atoms. The lowest BCUT2D eigenvalue weighted by molar-refractivity contribution is 0.242. The number of aromatic nitrogens is 1. The normalized spacial score (nSPS) is 17.7. The Kier molecular flexibility index (Phi) is 4.61. The Labute approximate surface area is 121 Å². The minimum Gasteiger partial charge on any atom is -0.367 e. The van der Waals surface area contributed by atoms with Gasteiger partial charge in [-0.25, -0.2) is 4.98 Å². The van der Waals surface area contributed by atoms with Gasteiger partial charge in [-0.2, -0.15) is 5.26 Å². The molecule has 0 spiro atoms. The lowest BCUT2D eigenvalue weighted by Crippen LogP contribution is -2.39. The predicted molar refractivity (Wildman–Crippen MR) is 81.6 cm³/mol. The van der Waals surface area contributed by atoms with E-state index in [9.17, 15) is 0 Å². The van der Waals surface area contributed by atoms with E-state index in [-0.39, 0.29) is 5.41 Å². The predicted octanol–water partition coefficient (Wildman–Crippen LogP) is 2.78. The van der Waals surface area contributed by atoms with Gasteiger partial charge in [0.1, 0.15) is 5.82 Å². The number of likely N-dealkylation sites (tertiary alicyclic amines) is 1. The average Bonchev–Trinajstić information content (AvgIpc) is 2.41. The van der Waals surface area contributed by atoms with Crippen LogP contribution in [-0.2, 0) is 5.41 Å². The molecule has 0 unspecified atom stereocenters. The number of pyridine rings is 1. The van der Waals surface area contributed by atoms with Crippen molar-refractivity contribution in [3.63, 3.8) is 0 Å². The Morgan fingerprint density at radius 2 is 2.05 bits per heavy atom. The molecule has 1 aromatic rings. The number of nitrogens with one attached hydrogen (secondary N) is 1. The van der Waals surface area contributed by atoms with E-state index in [2.05, 4.69) is 54.2 Å². The second-order valence-corrected chi connectivity index (χ2v) is 6.53. The monoisotopic (exact) mass is 272 g/mol. The molecule has 4 heteroatoms. The Hall–Kier alpha value is -1.60. The lowest BCUT2D eigenvalue weighted by Gasteiger charge is -2.31. The zero-order valence-electron chi connectivity index (χ0n) is 12.7.